The SMILES string of the molecule is CCCn1c(SCc2csc(-c3ccccc3Cl)n2)nnc1-c1ccc(Br)o1. The van der Waals surface area contributed by atoms with Gasteiger partial charge in [0.1, 0.15) is 5.01 Å². The van der Waals surface area contributed by atoms with Gasteiger partial charge in [0.05, 0.1) is 10.7 Å². The first-order valence-corrected chi connectivity index (χ1v) is 11.7. The Morgan fingerprint density at radius 1 is 1.21 bits per heavy atom. The van der Waals surface area contributed by atoms with E-state index in [1.807, 2.05) is 36.4 Å². The number of rotatable bonds is 7. The molecule has 0 saturated carbocycles. The van der Waals surface area contributed by atoms with Gasteiger partial charge in [-0.15, -0.1) is 21.5 Å². The van der Waals surface area contributed by atoms with Crippen LogP contribution in [0.2, 0.25) is 5.02 Å². The summed E-state index contributed by atoms with van der Waals surface area (Å²) in [6.07, 6.45) is 0.980. The predicted octanol–water partition coefficient (Wildman–Crippen LogP) is 6.78. The monoisotopic (exact) mass is 494 g/mol. The van der Waals surface area contributed by atoms with Crippen LogP contribution in [0.3, 0.4) is 0 Å². The molecule has 0 unspecified atom stereocenters. The van der Waals surface area contributed by atoms with Crippen molar-refractivity contribution in [2.75, 3.05) is 0 Å². The number of nitrogens with zero attached hydrogens (tertiary/aromatic N) is 4. The molecule has 9 heteroatoms. The molecule has 28 heavy (non-hydrogen) atoms. The maximum Gasteiger partial charge on any atom is 0.200 e. The molecule has 0 aliphatic carbocycles. The molecule has 0 bridgehead atoms. The Hall–Kier alpha value is -1.61. The first-order valence-electron chi connectivity index (χ1n) is 8.66. The molecule has 0 N–H and O–H groups in total. The fourth-order valence-corrected chi connectivity index (χ4v) is 5.12. The Kier molecular flexibility index (Phi) is 6.20. The van der Waals surface area contributed by atoms with Gasteiger partial charge in [-0.05, 0) is 40.5 Å². The molecular weight excluding hydrogens is 480 g/mol. The van der Waals surface area contributed by atoms with Gasteiger partial charge in [0.25, 0.3) is 0 Å². The quantitative estimate of drug-likeness (QED) is 0.264. The Labute approximate surface area is 184 Å². The highest BCUT2D eigenvalue weighted by Crippen LogP contribution is 2.33. The summed E-state index contributed by atoms with van der Waals surface area (Å²) in [5, 5.41) is 13.3. The molecule has 4 aromatic rings. The summed E-state index contributed by atoms with van der Waals surface area (Å²) in [5.41, 5.74) is 1.96. The molecule has 0 radical (unpaired) electrons. The molecule has 3 aromatic heterocycles. The van der Waals surface area contributed by atoms with Gasteiger partial charge in [-0.25, -0.2) is 4.98 Å². The molecule has 0 spiro atoms. The fraction of sp³-hybridized carbons (Fsp3) is 0.211. The van der Waals surface area contributed by atoms with Gasteiger partial charge in [0.2, 0.25) is 5.82 Å². The lowest BCUT2D eigenvalue weighted by atomic mass is 10.2. The summed E-state index contributed by atoms with van der Waals surface area (Å²) >= 11 is 12.9. The minimum Gasteiger partial charge on any atom is -0.446 e. The Bertz CT molecular complexity index is 1090. The van der Waals surface area contributed by atoms with Gasteiger partial charge in [-0.1, -0.05) is 48.5 Å². The van der Waals surface area contributed by atoms with Crippen molar-refractivity contribution >= 4 is 50.6 Å². The van der Waals surface area contributed by atoms with Crippen molar-refractivity contribution in [3.05, 3.63) is 57.2 Å². The predicted molar refractivity (Wildman–Crippen MR) is 118 cm³/mol. The van der Waals surface area contributed by atoms with Crippen LogP contribution < -0.4 is 0 Å². The van der Waals surface area contributed by atoms with E-state index >= 15 is 0 Å². The van der Waals surface area contributed by atoms with E-state index in [0.717, 1.165) is 40.2 Å². The van der Waals surface area contributed by atoms with E-state index in [0.29, 0.717) is 21.2 Å². The minimum absolute atomic E-state index is 0.678. The third kappa shape index (κ3) is 4.20. The van der Waals surface area contributed by atoms with E-state index in [1.54, 1.807) is 23.1 Å². The molecule has 5 nitrogen and oxygen atoms in total. The average Bonchev–Trinajstić information content (AvgIpc) is 3.41. The summed E-state index contributed by atoms with van der Waals surface area (Å²) in [4.78, 5) is 4.73. The lowest BCUT2D eigenvalue weighted by molar-refractivity contribution is 0.539. The molecular formula is C19H16BrClN4OS2. The van der Waals surface area contributed by atoms with Crippen LogP contribution >= 0.6 is 50.6 Å². The highest BCUT2D eigenvalue weighted by Gasteiger charge is 2.17. The average molecular weight is 496 g/mol. The molecule has 0 aliphatic rings. The van der Waals surface area contributed by atoms with Crippen molar-refractivity contribution in [2.45, 2.75) is 30.8 Å². The zero-order valence-electron chi connectivity index (χ0n) is 14.9. The first kappa shape index (κ1) is 19.7. The Morgan fingerprint density at radius 3 is 2.82 bits per heavy atom. The second-order valence-corrected chi connectivity index (χ2v) is 8.96. The number of aromatic nitrogens is 4. The summed E-state index contributed by atoms with van der Waals surface area (Å²) < 4.78 is 8.43. The normalized spacial score (nSPS) is 11.2. The van der Waals surface area contributed by atoms with Gasteiger partial charge in [0, 0.05) is 23.2 Å². The van der Waals surface area contributed by atoms with Crippen LogP contribution in [0.5, 0.6) is 0 Å². The molecule has 0 fully saturated rings. The van der Waals surface area contributed by atoms with Crippen LogP contribution in [0.15, 0.2) is 56.0 Å². The molecule has 0 atom stereocenters. The lowest BCUT2D eigenvalue weighted by Gasteiger charge is -2.06. The van der Waals surface area contributed by atoms with Crippen molar-refractivity contribution in [1.29, 1.82) is 0 Å². The molecule has 0 amide bonds. The number of benzene rings is 1. The number of halogens is 2. The van der Waals surface area contributed by atoms with E-state index in [1.165, 1.54) is 0 Å². The van der Waals surface area contributed by atoms with Gasteiger partial charge >= 0.3 is 0 Å². The van der Waals surface area contributed by atoms with Crippen LogP contribution in [0, 0.1) is 0 Å². The van der Waals surface area contributed by atoms with Gasteiger partial charge in [0.15, 0.2) is 15.6 Å². The standard InChI is InChI=1S/C19H16BrClN4OS2/c1-2-9-25-17(15-7-8-16(20)26-15)23-24-19(25)28-11-12-10-27-18(22-12)13-5-3-4-6-14(13)21/h3-8,10H,2,9,11H2,1H3. The first-order chi connectivity index (χ1) is 13.7. The zero-order valence-corrected chi connectivity index (χ0v) is 18.9. The molecule has 144 valence electrons. The van der Waals surface area contributed by atoms with Gasteiger partial charge in [-0.3, -0.25) is 4.57 Å². The summed E-state index contributed by atoms with van der Waals surface area (Å²) in [6.45, 7) is 2.96. The Balaban J connectivity index is 1.53. The fourth-order valence-electron chi connectivity index (χ4n) is 2.71. The molecule has 1 aromatic carbocycles. The maximum absolute atomic E-state index is 6.29. The van der Waals surface area contributed by atoms with Crippen molar-refractivity contribution in [2.24, 2.45) is 0 Å². The van der Waals surface area contributed by atoms with Gasteiger partial charge in [-0.2, -0.15) is 0 Å². The van der Waals surface area contributed by atoms with E-state index in [-0.39, 0.29) is 0 Å². The highest BCUT2D eigenvalue weighted by molar-refractivity contribution is 9.10. The zero-order chi connectivity index (χ0) is 19.5. The van der Waals surface area contributed by atoms with Crippen LogP contribution in [-0.4, -0.2) is 19.7 Å². The summed E-state index contributed by atoms with van der Waals surface area (Å²) in [5.74, 6) is 2.16. The number of thioether (sulfide) groups is 1. The van der Waals surface area contributed by atoms with E-state index in [9.17, 15) is 0 Å². The van der Waals surface area contributed by atoms with E-state index in [4.69, 9.17) is 21.0 Å². The number of hydrogen-bond acceptors (Lipinski definition) is 6. The minimum atomic E-state index is 0.678. The second-order valence-electron chi connectivity index (χ2n) is 5.97. The molecule has 3 heterocycles. The van der Waals surface area contributed by atoms with Crippen molar-refractivity contribution in [3.8, 4) is 22.2 Å². The third-order valence-corrected chi connectivity index (χ3v) is 6.64. The third-order valence-electron chi connectivity index (χ3n) is 3.96. The second kappa shape index (κ2) is 8.82. The topological polar surface area (TPSA) is 56.7 Å². The van der Waals surface area contributed by atoms with Crippen LogP contribution in [-0.2, 0) is 12.3 Å². The van der Waals surface area contributed by atoms with Crippen LogP contribution in [0.4, 0.5) is 0 Å². The number of hydrogen-bond donors (Lipinski definition) is 0. The van der Waals surface area contributed by atoms with Gasteiger partial charge < -0.3 is 4.42 Å². The number of furan rings is 1. The highest BCUT2D eigenvalue weighted by atomic mass is 79.9. The van der Waals surface area contributed by atoms with Crippen LogP contribution in [0.25, 0.3) is 22.2 Å². The van der Waals surface area contributed by atoms with E-state index < -0.39 is 0 Å². The maximum atomic E-state index is 6.29. The lowest BCUT2D eigenvalue weighted by Crippen LogP contribution is -2.01. The molecule has 0 saturated heterocycles. The largest absolute Gasteiger partial charge is 0.446 e. The van der Waals surface area contributed by atoms with Crippen LogP contribution in [0.1, 0.15) is 19.0 Å². The van der Waals surface area contributed by atoms with E-state index in [2.05, 4.69) is 43.0 Å². The molecule has 0 aliphatic heterocycles. The van der Waals surface area contributed by atoms with Crippen molar-refractivity contribution in [3.63, 3.8) is 0 Å². The Morgan fingerprint density at radius 2 is 2.07 bits per heavy atom. The van der Waals surface area contributed by atoms with Crippen molar-refractivity contribution < 1.29 is 4.42 Å². The summed E-state index contributed by atoms with van der Waals surface area (Å²) in [7, 11) is 0. The smallest absolute Gasteiger partial charge is 0.200 e. The molecule has 4 rings (SSSR count). The summed E-state index contributed by atoms with van der Waals surface area (Å²) in [6, 6.07) is 11.5. The number of thiazole rings is 1. The van der Waals surface area contributed by atoms with Crippen molar-refractivity contribution in [1.82, 2.24) is 19.7 Å².